The zero-order valence-corrected chi connectivity index (χ0v) is 8.79. The van der Waals surface area contributed by atoms with Crippen LogP contribution in [-0.2, 0) is 4.74 Å². The maximum Gasteiger partial charge on any atom is 0.428 e. The molecule has 0 saturated carbocycles. The fourth-order valence-electron chi connectivity index (χ4n) is 1.34. The van der Waals surface area contributed by atoms with Crippen LogP contribution < -0.4 is 0 Å². The predicted octanol–water partition coefficient (Wildman–Crippen LogP) is 1.81. The van der Waals surface area contributed by atoms with E-state index in [2.05, 4.69) is 0 Å². The van der Waals surface area contributed by atoms with E-state index in [4.69, 9.17) is 16.3 Å². The molecule has 0 atom stereocenters. The lowest BCUT2D eigenvalue weighted by molar-refractivity contribution is -0.00388. The minimum atomic E-state index is -0.641. The van der Waals surface area contributed by atoms with Gasteiger partial charge in [0.05, 0.1) is 6.61 Å². The third-order valence-corrected chi connectivity index (χ3v) is 2.16. The third-order valence-electron chi connectivity index (χ3n) is 1.96. The number of rotatable bonds is 1. The fraction of sp³-hybridized carbons (Fsp3) is 0.750. The molecule has 1 heterocycles. The molecule has 1 fully saturated rings. The normalized spacial score (nSPS) is 16.7. The first kappa shape index (κ1) is 11.1. The Balaban J connectivity index is 2.62. The van der Waals surface area contributed by atoms with E-state index in [-0.39, 0.29) is 0 Å². The van der Waals surface area contributed by atoms with Gasteiger partial charge in [-0.3, -0.25) is 4.79 Å². The molecule has 0 bridgehead atoms. The minimum absolute atomic E-state index is 0.291. The molecule has 5 nitrogen and oxygen atoms in total. The van der Waals surface area contributed by atoms with Crippen LogP contribution in [-0.4, -0.2) is 41.2 Å². The lowest BCUT2D eigenvalue weighted by Gasteiger charge is -2.35. The molecule has 0 radical (unpaired) electrons. The molecule has 6 heteroatoms. The summed E-state index contributed by atoms with van der Waals surface area (Å²) in [4.78, 5) is 22.3. The molecule has 0 spiro atoms. The fourth-order valence-corrected chi connectivity index (χ4v) is 1.51. The van der Waals surface area contributed by atoms with Gasteiger partial charge in [0.15, 0.2) is 0 Å². The molecule has 1 aliphatic heterocycles. The highest BCUT2D eigenvalue weighted by Crippen LogP contribution is 2.14. The smallest absolute Gasteiger partial charge is 0.428 e. The van der Waals surface area contributed by atoms with E-state index in [1.54, 1.807) is 6.92 Å². The third kappa shape index (κ3) is 2.51. The Morgan fingerprint density at radius 1 is 1.29 bits per heavy atom. The van der Waals surface area contributed by atoms with Crippen molar-refractivity contribution < 1.29 is 14.3 Å². The second-order valence-electron chi connectivity index (χ2n) is 2.91. The maximum absolute atomic E-state index is 11.4. The van der Waals surface area contributed by atoms with E-state index in [1.165, 1.54) is 10.0 Å². The molecule has 1 aliphatic rings. The van der Waals surface area contributed by atoms with Crippen molar-refractivity contribution in [2.75, 3.05) is 19.7 Å². The average molecular weight is 221 g/mol. The van der Waals surface area contributed by atoms with E-state index in [0.717, 1.165) is 12.8 Å². The molecule has 0 aromatic carbocycles. The highest BCUT2D eigenvalue weighted by Gasteiger charge is 2.28. The lowest BCUT2D eigenvalue weighted by atomic mass is 10.2. The van der Waals surface area contributed by atoms with Gasteiger partial charge in [-0.2, -0.15) is 0 Å². The topological polar surface area (TPSA) is 49.9 Å². The lowest BCUT2D eigenvalue weighted by Crippen LogP contribution is -2.51. The highest BCUT2D eigenvalue weighted by molar-refractivity contribution is 6.62. The maximum atomic E-state index is 11.4. The van der Waals surface area contributed by atoms with Crippen molar-refractivity contribution in [1.29, 1.82) is 0 Å². The summed E-state index contributed by atoms with van der Waals surface area (Å²) in [5.74, 6) is 0. The molecule has 80 valence electrons. The van der Waals surface area contributed by atoms with Crippen LogP contribution >= 0.6 is 11.6 Å². The van der Waals surface area contributed by atoms with Crippen LogP contribution in [0.5, 0.6) is 0 Å². The van der Waals surface area contributed by atoms with Gasteiger partial charge in [0.2, 0.25) is 0 Å². The Hall–Kier alpha value is -0.970. The van der Waals surface area contributed by atoms with Crippen LogP contribution in [0.25, 0.3) is 0 Å². The summed E-state index contributed by atoms with van der Waals surface area (Å²) in [5.41, 5.74) is 0. The SMILES string of the molecule is CCOC(=O)N1CCCCN1C(=O)Cl. The molecule has 0 aromatic rings. The number of hydrazine groups is 1. The van der Waals surface area contributed by atoms with Crippen molar-refractivity contribution in [3.05, 3.63) is 0 Å². The van der Waals surface area contributed by atoms with E-state index in [9.17, 15) is 9.59 Å². The second-order valence-corrected chi connectivity index (χ2v) is 3.23. The van der Waals surface area contributed by atoms with Gasteiger partial charge in [0.25, 0.3) is 0 Å². The second kappa shape index (κ2) is 5.05. The number of hydrogen-bond donors (Lipinski definition) is 0. The van der Waals surface area contributed by atoms with Gasteiger partial charge < -0.3 is 4.74 Å². The number of carbonyl (C=O) groups is 2. The highest BCUT2D eigenvalue weighted by atomic mass is 35.5. The number of carbonyl (C=O) groups excluding carboxylic acids is 2. The van der Waals surface area contributed by atoms with Crippen LogP contribution in [0.3, 0.4) is 0 Å². The summed E-state index contributed by atoms with van der Waals surface area (Å²) in [6, 6.07) is 0. The summed E-state index contributed by atoms with van der Waals surface area (Å²) in [6.07, 6.45) is 1.20. The summed E-state index contributed by atoms with van der Waals surface area (Å²) >= 11 is 5.33. The minimum Gasteiger partial charge on any atom is -0.448 e. The number of ether oxygens (including phenoxy) is 1. The molecule has 0 aromatic heterocycles. The summed E-state index contributed by atoms with van der Waals surface area (Å²) in [6.45, 7) is 2.97. The van der Waals surface area contributed by atoms with Crippen molar-refractivity contribution in [3.63, 3.8) is 0 Å². The van der Waals surface area contributed by atoms with Crippen LogP contribution in [0.4, 0.5) is 9.59 Å². The standard InChI is InChI=1S/C8H13ClN2O3/c1-2-14-8(13)11-6-4-3-5-10(11)7(9)12/h2-6H2,1H3. The van der Waals surface area contributed by atoms with E-state index in [0.29, 0.717) is 19.7 Å². The van der Waals surface area contributed by atoms with Crippen LogP contribution in [0.15, 0.2) is 0 Å². The molecular weight excluding hydrogens is 208 g/mol. The van der Waals surface area contributed by atoms with E-state index < -0.39 is 11.5 Å². The largest absolute Gasteiger partial charge is 0.448 e. The number of amides is 2. The van der Waals surface area contributed by atoms with Gasteiger partial charge in [-0.05, 0) is 31.4 Å². The number of hydrogen-bond acceptors (Lipinski definition) is 3. The average Bonchev–Trinajstić information content (AvgIpc) is 2.18. The van der Waals surface area contributed by atoms with Crippen molar-refractivity contribution in [1.82, 2.24) is 10.0 Å². The molecule has 1 rings (SSSR count). The summed E-state index contributed by atoms with van der Waals surface area (Å²) < 4.78 is 4.80. The van der Waals surface area contributed by atoms with Gasteiger partial charge in [0, 0.05) is 13.1 Å². The van der Waals surface area contributed by atoms with E-state index in [1.807, 2.05) is 0 Å². The summed E-state index contributed by atoms with van der Waals surface area (Å²) in [5, 5.41) is 1.82. The van der Waals surface area contributed by atoms with Gasteiger partial charge in [-0.1, -0.05) is 0 Å². The molecule has 0 aliphatic carbocycles. The monoisotopic (exact) mass is 220 g/mol. The number of nitrogens with zero attached hydrogens (tertiary/aromatic N) is 2. The Bertz CT molecular complexity index is 235. The number of halogens is 1. The first-order valence-electron chi connectivity index (χ1n) is 4.58. The van der Waals surface area contributed by atoms with Crippen molar-refractivity contribution in [2.24, 2.45) is 0 Å². The molecule has 0 unspecified atom stereocenters. The quantitative estimate of drug-likeness (QED) is 0.500. The zero-order valence-electron chi connectivity index (χ0n) is 8.03. The Morgan fingerprint density at radius 2 is 1.86 bits per heavy atom. The Kier molecular flexibility index (Phi) is 4.00. The summed E-state index contributed by atoms with van der Waals surface area (Å²) in [7, 11) is 0. The van der Waals surface area contributed by atoms with Crippen LogP contribution in [0.1, 0.15) is 19.8 Å². The molecule has 1 saturated heterocycles. The first-order valence-corrected chi connectivity index (χ1v) is 4.95. The van der Waals surface area contributed by atoms with Crippen LogP contribution in [0, 0.1) is 0 Å². The molecule has 0 N–H and O–H groups in total. The van der Waals surface area contributed by atoms with Crippen LogP contribution in [0.2, 0.25) is 0 Å². The molecule has 2 amide bonds. The Morgan fingerprint density at radius 3 is 2.36 bits per heavy atom. The van der Waals surface area contributed by atoms with Crippen molar-refractivity contribution in [2.45, 2.75) is 19.8 Å². The molecule has 14 heavy (non-hydrogen) atoms. The molecular formula is C8H13ClN2O3. The Labute approximate surface area is 87.5 Å². The van der Waals surface area contributed by atoms with Gasteiger partial charge in [-0.25, -0.2) is 14.8 Å². The predicted molar refractivity (Wildman–Crippen MR) is 50.9 cm³/mol. The van der Waals surface area contributed by atoms with Gasteiger partial charge in [-0.15, -0.1) is 0 Å². The zero-order chi connectivity index (χ0) is 10.6. The van der Waals surface area contributed by atoms with Gasteiger partial charge >= 0.3 is 11.5 Å². The van der Waals surface area contributed by atoms with Crippen molar-refractivity contribution >= 4 is 23.1 Å². The van der Waals surface area contributed by atoms with Crippen molar-refractivity contribution in [3.8, 4) is 0 Å². The van der Waals surface area contributed by atoms with E-state index >= 15 is 0 Å². The first-order chi connectivity index (χ1) is 6.66. The van der Waals surface area contributed by atoms with Gasteiger partial charge in [0.1, 0.15) is 0 Å².